The number of carbonyl (C=O) groups is 2. The molecular weight excluding hydrogens is 308 g/mol. The summed E-state index contributed by atoms with van der Waals surface area (Å²) in [6.07, 6.45) is 2.77. The number of rotatable bonds is 6. The van der Waals surface area contributed by atoms with Crippen molar-refractivity contribution in [3.8, 4) is 0 Å². The summed E-state index contributed by atoms with van der Waals surface area (Å²) in [5, 5.41) is 12.3. The maximum Gasteiger partial charge on any atom is 0.326 e. The SMILES string of the molecule is Cc1nc(CSCCC(=O)N2CCCC[C@H]2C(=O)O)cs1. The predicted octanol–water partition coefficient (Wildman–Crippen LogP) is 2.54. The van der Waals surface area contributed by atoms with Crippen LogP contribution in [0.5, 0.6) is 0 Å². The van der Waals surface area contributed by atoms with Gasteiger partial charge in [-0.25, -0.2) is 9.78 Å². The number of hydrogen-bond acceptors (Lipinski definition) is 5. The zero-order chi connectivity index (χ0) is 15.2. The smallest absolute Gasteiger partial charge is 0.326 e. The van der Waals surface area contributed by atoms with Crippen molar-refractivity contribution in [2.75, 3.05) is 12.3 Å². The lowest BCUT2D eigenvalue weighted by atomic mass is 10.0. The third-order valence-electron chi connectivity index (χ3n) is 3.48. The number of nitrogens with zero attached hydrogens (tertiary/aromatic N) is 2. The number of aliphatic carboxylic acids is 1. The number of likely N-dealkylation sites (tertiary alicyclic amines) is 1. The number of amides is 1. The van der Waals surface area contributed by atoms with Crippen molar-refractivity contribution in [3.63, 3.8) is 0 Å². The number of hydrogen-bond donors (Lipinski definition) is 1. The van der Waals surface area contributed by atoms with Gasteiger partial charge in [-0.15, -0.1) is 11.3 Å². The minimum atomic E-state index is -0.881. The monoisotopic (exact) mass is 328 g/mol. The molecule has 0 aliphatic carbocycles. The van der Waals surface area contributed by atoms with E-state index in [1.54, 1.807) is 28.0 Å². The topological polar surface area (TPSA) is 70.5 Å². The first-order valence-corrected chi connectivity index (χ1v) is 9.12. The summed E-state index contributed by atoms with van der Waals surface area (Å²) in [4.78, 5) is 29.3. The highest BCUT2D eigenvalue weighted by atomic mass is 32.2. The fourth-order valence-electron chi connectivity index (χ4n) is 2.44. The molecule has 1 atom stereocenters. The van der Waals surface area contributed by atoms with Gasteiger partial charge < -0.3 is 10.0 Å². The van der Waals surface area contributed by atoms with Crippen molar-refractivity contribution in [2.24, 2.45) is 0 Å². The fraction of sp³-hybridized carbons (Fsp3) is 0.643. The molecule has 0 bridgehead atoms. The maximum atomic E-state index is 12.2. The molecule has 1 aliphatic rings. The second-order valence-electron chi connectivity index (χ2n) is 5.10. The third-order valence-corrected chi connectivity index (χ3v) is 5.30. The average Bonchev–Trinajstić information content (AvgIpc) is 2.89. The number of carboxylic acids is 1. The lowest BCUT2D eigenvalue weighted by molar-refractivity contribution is -0.151. The molecule has 0 radical (unpaired) electrons. The molecule has 0 unspecified atom stereocenters. The summed E-state index contributed by atoms with van der Waals surface area (Å²) in [5.41, 5.74) is 1.05. The Morgan fingerprint density at radius 3 is 3.00 bits per heavy atom. The van der Waals surface area contributed by atoms with E-state index in [0.717, 1.165) is 29.3 Å². The van der Waals surface area contributed by atoms with E-state index in [1.165, 1.54) is 0 Å². The van der Waals surface area contributed by atoms with Gasteiger partial charge in [-0.1, -0.05) is 0 Å². The summed E-state index contributed by atoms with van der Waals surface area (Å²) in [7, 11) is 0. The van der Waals surface area contributed by atoms with Crippen LogP contribution in [-0.2, 0) is 15.3 Å². The van der Waals surface area contributed by atoms with Crippen molar-refractivity contribution in [2.45, 2.75) is 44.4 Å². The number of carboxylic acid groups (broad SMARTS) is 1. The van der Waals surface area contributed by atoms with Crippen LogP contribution in [0.2, 0.25) is 0 Å². The normalized spacial score (nSPS) is 18.7. The van der Waals surface area contributed by atoms with Crippen LogP contribution < -0.4 is 0 Å². The van der Waals surface area contributed by atoms with E-state index in [4.69, 9.17) is 0 Å². The van der Waals surface area contributed by atoms with Crippen molar-refractivity contribution in [1.29, 1.82) is 0 Å². The fourth-order valence-corrected chi connectivity index (χ4v) is 3.98. The molecule has 2 rings (SSSR count). The molecule has 1 aromatic rings. The molecule has 7 heteroatoms. The minimum absolute atomic E-state index is 0.0379. The van der Waals surface area contributed by atoms with Gasteiger partial charge in [-0.3, -0.25) is 4.79 Å². The van der Waals surface area contributed by atoms with Crippen molar-refractivity contribution in [1.82, 2.24) is 9.88 Å². The molecule has 1 saturated heterocycles. The Morgan fingerprint density at radius 2 is 2.33 bits per heavy atom. The molecule has 1 N–H and O–H groups in total. The van der Waals surface area contributed by atoms with Crippen LogP contribution in [0.15, 0.2) is 5.38 Å². The van der Waals surface area contributed by atoms with E-state index in [0.29, 0.717) is 25.1 Å². The maximum absolute atomic E-state index is 12.2. The van der Waals surface area contributed by atoms with Crippen LogP contribution in [0.3, 0.4) is 0 Å². The second kappa shape index (κ2) is 7.79. The number of piperidine rings is 1. The zero-order valence-electron chi connectivity index (χ0n) is 12.1. The van der Waals surface area contributed by atoms with Gasteiger partial charge in [-0.05, 0) is 26.2 Å². The first-order chi connectivity index (χ1) is 10.1. The minimum Gasteiger partial charge on any atom is -0.480 e. The number of aryl methyl sites for hydroxylation is 1. The van der Waals surface area contributed by atoms with Crippen LogP contribution in [0.4, 0.5) is 0 Å². The molecule has 0 aromatic carbocycles. The summed E-state index contributed by atoms with van der Waals surface area (Å²) in [6, 6.07) is -0.627. The first-order valence-electron chi connectivity index (χ1n) is 7.09. The van der Waals surface area contributed by atoms with E-state index < -0.39 is 12.0 Å². The van der Waals surface area contributed by atoms with Crippen molar-refractivity contribution in [3.05, 3.63) is 16.1 Å². The summed E-state index contributed by atoms with van der Waals surface area (Å²) < 4.78 is 0. The first kappa shape index (κ1) is 16.3. The van der Waals surface area contributed by atoms with Gasteiger partial charge in [0.15, 0.2) is 0 Å². The molecule has 1 aliphatic heterocycles. The number of aromatic nitrogens is 1. The van der Waals surface area contributed by atoms with Crippen molar-refractivity contribution >= 4 is 35.0 Å². The highest BCUT2D eigenvalue weighted by Gasteiger charge is 2.31. The van der Waals surface area contributed by atoms with Crippen LogP contribution in [0.1, 0.15) is 36.4 Å². The van der Waals surface area contributed by atoms with Crippen LogP contribution in [0.25, 0.3) is 0 Å². The van der Waals surface area contributed by atoms with E-state index in [9.17, 15) is 14.7 Å². The van der Waals surface area contributed by atoms with E-state index in [2.05, 4.69) is 4.98 Å². The average molecular weight is 328 g/mol. The van der Waals surface area contributed by atoms with Gasteiger partial charge in [0.2, 0.25) is 5.91 Å². The van der Waals surface area contributed by atoms with Gasteiger partial charge in [0.25, 0.3) is 0 Å². The van der Waals surface area contributed by atoms with E-state index in [-0.39, 0.29) is 5.91 Å². The molecule has 0 saturated carbocycles. The van der Waals surface area contributed by atoms with Crippen LogP contribution >= 0.6 is 23.1 Å². The number of thioether (sulfide) groups is 1. The van der Waals surface area contributed by atoms with Crippen LogP contribution in [0, 0.1) is 6.92 Å². The summed E-state index contributed by atoms with van der Waals surface area (Å²) >= 11 is 3.30. The Bertz CT molecular complexity index is 504. The predicted molar refractivity (Wildman–Crippen MR) is 84.6 cm³/mol. The Morgan fingerprint density at radius 1 is 1.52 bits per heavy atom. The lowest BCUT2D eigenvalue weighted by Gasteiger charge is -2.33. The molecule has 2 heterocycles. The molecule has 1 amide bonds. The molecule has 1 fully saturated rings. The van der Waals surface area contributed by atoms with Gasteiger partial charge in [-0.2, -0.15) is 11.8 Å². The molecule has 21 heavy (non-hydrogen) atoms. The van der Waals surface area contributed by atoms with Crippen molar-refractivity contribution < 1.29 is 14.7 Å². The van der Waals surface area contributed by atoms with Gasteiger partial charge in [0, 0.05) is 29.9 Å². The van der Waals surface area contributed by atoms with Gasteiger partial charge in [0.1, 0.15) is 6.04 Å². The Kier molecular flexibility index (Phi) is 6.05. The Labute approximate surface area is 132 Å². The highest BCUT2D eigenvalue weighted by molar-refractivity contribution is 7.98. The third kappa shape index (κ3) is 4.71. The number of carbonyl (C=O) groups excluding carboxylic acids is 1. The van der Waals surface area contributed by atoms with Gasteiger partial charge >= 0.3 is 5.97 Å². The largest absolute Gasteiger partial charge is 0.480 e. The molecule has 5 nitrogen and oxygen atoms in total. The molecule has 116 valence electrons. The molecule has 1 aromatic heterocycles. The Hall–Kier alpha value is -1.08. The van der Waals surface area contributed by atoms with E-state index >= 15 is 0 Å². The Balaban J connectivity index is 1.74. The second-order valence-corrected chi connectivity index (χ2v) is 7.26. The molecule has 0 spiro atoms. The molecular formula is C14H20N2O3S2. The van der Waals surface area contributed by atoms with Gasteiger partial charge in [0.05, 0.1) is 10.7 Å². The van der Waals surface area contributed by atoms with E-state index in [1.807, 2.05) is 12.3 Å². The van der Waals surface area contributed by atoms with Crippen LogP contribution in [-0.4, -0.2) is 45.2 Å². The number of thiazole rings is 1. The lowest BCUT2D eigenvalue weighted by Crippen LogP contribution is -2.48. The standard InChI is InChI=1S/C14H20N2O3S2/c1-10-15-11(9-21-10)8-20-7-5-13(17)16-6-3-2-4-12(16)14(18)19/h9,12H,2-8H2,1H3,(H,18,19)/t12-/m0/s1. The summed E-state index contributed by atoms with van der Waals surface area (Å²) in [5.74, 6) is 0.593. The summed E-state index contributed by atoms with van der Waals surface area (Å²) in [6.45, 7) is 2.55. The zero-order valence-corrected chi connectivity index (χ0v) is 13.7. The highest BCUT2D eigenvalue weighted by Crippen LogP contribution is 2.20. The quantitative estimate of drug-likeness (QED) is 0.813.